The molecular weight excluding hydrogens is 516 g/mol. The smallest absolute Gasteiger partial charge is 0.314 e. The molecule has 2 aromatic carbocycles. The van der Waals surface area contributed by atoms with Crippen molar-refractivity contribution in [3.63, 3.8) is 0 Å². The Labute approximate surface area is 227 Å². The molecule has 2 amide bonds. The Balaban J connectivity index is 0.000000411. The number of nitrogens with zero attached hydrogens (tertiary/aromatic N) is 4. The van der Waals surface area contributed by atoms with E-state index in [1.54, 1.807) is 6.20 Å². The molecule has 0 radical (unpaired) electrons. The summed E-state index contributed by atoms with van der Waals surface area (Å²) in [5.74, 6) is -2.90. The zero-order valence-corrected chi connectivity index (χ0v) is 21.5. The molecule has 1 saturated heterocycles. The first-order valence-electron chi connectivity index (χ1n) is 12.5. The van der Waals surface area contributed by atoms with Gasteiger partial charge in [-0.2, -0.15) is 0 Å². The van der Waals surface area contributed by atoms with Crippen LogP contribution in [0.15, 0.2) is 54.7 Å². The van der Waals surface area contributed by atoms with Gasteiger partial charge in [0.25, 0.3) is 11.8 Å². The van der Waals surface area contributed by atoms with E-state index in [4.69, 9.17) is 20.2 Å². The topological polar surface area (TPSA) is 169 Å². The molecule has 6 rings (SSSR count). The number of carbonyl (C=O) groups is 4. The van der Waals surface area contributed by atoms with Crippen molar-refractivity contribution in [1.82, 2.24) is 25.2 Å². The van der Waals surface area contributed by atoms with Crippen molar-refractivity contribution in [2.45, 2.75) is 6.42 Å². The zero-order valence-electron chi connectivity index (χ0n) is 21.5. The van der Waals surface area contributed by atoms with Gasteiger partial charge >= 0.3 is 11.9 Å². The van der Waals surface area contributed by atoms with Gasteiger partial charge < -0.3 is 25.0 Å². The molecule has 204 valence electrons. The van der Waals surface area contributed by atoms with Gasteiger partial charge in [-0.3, -0.25) is 24.5 Å². The molecule has 0 atom stereocenters. The lowest BCUT2D eigenvalue weighted by molar-refractivity contribution is -0.147. The minimum atomic E-state index is -1.31. The van der Waals surface area contributed by atoms with Crippen molar-refractivity contribution in [3.8, 4) is 0 Å². The summed E-state index contributed by atoms with van der Waals surface area (Å²) in [5, 5.41) is 19.5. The molecule has 1 fully saturated rings. The maximum atomic E-state index is 13.1. The maximum absolute atomic E-state index is 13.1. The third kappa shape index (κ3) is 5.24. The second-order valence-corrected chi connectivity index (χ2v) is 9.43. The molecule has 0 unspecified atom stereocenters. The number of aromatic amines is 1. The van der Waals surface area contributed by atoms with E-state index in [-0.39, 0.29) is 0 Å². The van der Waals surface area contributed by atoms with Gasteiger partial charge in [0.1, 0.15) is 6.42 Å². The van der Waals surface area contributed by atoms with Crippen LogP contribution in [0.2, 0.25) is 0 Å². The number of piperazine rings is 1. The SMILES string of the molecule is CN1CCN(c2nc(C3=C(c4c[nH]c5ccccc45)C(=O)NC3=O)c3ccccc3n2)CC1.O=C(O)CC(=O)O. The minimum Gasteiger partial charge on any atom is -0.481 e. The summed E-state index contributed by atoms with van der Waals surface area (Å²) in [6.07, 6.45) is 0.975. The van der Waals surface area contributed by atoms with Crippen molar-refractivity contribution >= 4 is 62.7 Å². The normalized spacial score (nSPS) is 15.8. The molecule has 2 aromatic heterocycles. The largest absolute Gasteiger partial charge is 0.481 e. The summed E-state index contributed by atoms with van der Waals surface area (Å²) in [5.41, 5.74) is 3.45. The van der Waals surface area contributed by atoms with E-state index in [1.165, 1.54) is 0 Å². The number of hydrogen-bond donors (Lipinski definition) is 4. The van der Waals surface area contributed by atoms with E-state index in [0.29, 0.717) is 28.4 Å². The standard InChI is InChI=1S/C25H22N6O2.C3H4O4/c1-30-10-12-31(13-11-30)25-27-19-9-5-3-7-16(19)22(28-25)21-20(23(32)29-24(21)33)17-14-26-18-8-4-2-6-15(17)18;4-2(5)1-3(6)7/h2-9,14,26H,10-13H2,1H3,(H,29,32,33);1H2,(H,4,5)(H,6,7). The molecule has 0 saturated carbocycles. The number of hydrogen-bond acceptors (Lipinski definition) is 8. The average molecular weight is 543 g/mol. The monoisotopic (exact) mass is 542 g/mol. The summed E-state index contributed by atoms with van der Waals surface area (Å²) >= 11 is 0. The van der Waals surface area contributed by atoms with Crippen LogP contribution in [0.25, 0.3) is 33.0 Å². The van der Waals surface area contributed by atoms with Gasteiger partial charge in [0, 0.05) is 54.2 Å². The summed E-state index contributed by atoms with van der Waals surface area (Å²) < 4.78 is 0. The summed E-state index contributed by atoms with van der Waals surface area (Å²) in [6, 6.07) is 15.4. The van der Waals surface area contributed by atoms with Gasteiger partial charge in [-0.15, -0.1) is 0 Å². The third-order valence-corrected chi connectivity index (χ3v) is 6.71. The molecule has 12 nitrogen and oxygen atoms in total. The summed E-state index contributed by atoms with van der Waals surface area (Å²) in [7, 11) is 2.09. The number of H-pyrrole nitrogens is 1. The van der Waals surface area contributed by atoms with Crippen molar-refractivity contribution < 1.29 is 29.4 Å². The van der Waals surface area contributed by atoms with Crippen LogP contribution in [0.4, 0.5) is 5.95 Å². The highest BCUT2D eigenvalue weighted by atomic mass is 16.4. The second kappa shape index (κ2) is 10.9. The average Bonchev–Trinajstić information content (AvgIpc) is 3.47. The lowest BCUT2D eigenvalue weighted by atomic mass is 9.97. The van der Waals surface area contributed by atoms with Crippen molar-refractivity contribution in [2.24, 2.45) is 0 Å². The van der Waals surface area contributed by atoms with Crippen LogP contribution in [0.3, 0.4) is 0 Å². The van der Waals surface area contributed by atoms with E-state index < -0.39 is 30.2 Å². The highest BCUT2D eigenvalue weighted by Crippen LogP contribution is 2.37. The van der Waals surface area contributed by atoms with Gasteiger partial charge in [0.2, 0.25) is 5.95 Å². The van der Waals surface area contributed by atoms with Gasteiger partial charge in [-0.25, -0.2) is 9.97 Å². The molecule has 0 bridgehead atoms. The highest BCUT2D eigenvalue weighted by molar-refractivity contribution is 6.50. The van der Waals surface area contributed by atoms with Crippen molar-refractivity contribution in [1.29, 1.82) is 0 Å². The molecular formula is C28H26N6O6. The molecule has 12 heteroatoms. The first kappa shape index (κ1) is 26.5. The first-order valence-corrected chi connectivity index (χ1v) is 12.5. The number of carboxylic acids is 2. The summed E-state index contributed by atoms with van der Waals surface area (Å²) in [4.78, 5) is 62.2. The molecule has 0 spiro atoms. The Bertz CT molecular complexity index is 1670. The number of carbonyl (C=O) groups excluding carboxylic acids is 2. The van der Waals surface area contributed by atoms with Crippen LogP contribution < -0.4 is 10.2 Å². The maximum Gasteiger partial charge on any atom is 0.314 e. The number of fused-ring (bicyclic) bond motifs is 2. The number of benzene rings is 2. The van der Waals surface area contributed by atoms with Gasteiger partial charge in [0.05, 0.1) is 22.4 Å². The Morgan fingerprint density at radius 1 is 0.850 bits per heavy atom. The fourth-order valence-corrected chi connectivity index (χ4v) is 4.75. The molecule has 2 aliphatic heterocycles. The molecule has 4 N–H and O–H groups in total. The van der Waals surface area contributed by atoms with Crippen LogP contribution in [-0.2, 0) is 19.2 Å². The van der Waals surface area contributed by atoms with E-state index >= 15 is 0 Å². The lowest BCUT2D eigenvalue weighted by Crippen LogP contribution is -2.45. The van der Waals surface area contributed by atoms with Crippen LogP contribution in [-0.4, -0.2) is 87.0 Å². The molecule has 4 aromatic rings. The summed E-state index contributed by atoms with van der Waals surface area (Å²) in [6.45, 7) is 3.42. The number of aromatic nitrogens is 3. The van der Waals surface area contributed by atoms with Crippen molar-refractivity contribution in [3.05, 3.63) is 66.0 Å². The van der Waals surface area contributed by atoms with Crippen molar-refractivity contribution in [2.75, 3.05) is 38.1 Å². The number of para-hydroxylation sites is 2. The van der Waals surface area contributed by atoms with Gasteiger partial charge in [0.15, 0.2) is 0 Å². The Morgan fingerprint density at radius 3 is 2.15 bits per heavy atom. The first-order chi connectivity index (χ1) is 19.2. The number of imide groups is 1. The van der Waals surface area contributed by atoms with Gasteiger partial charge in [-0.05, 0) is 19.2 Å². The zero-order chi connectivity index (χ0) is 28.4. The fraction of sp³-hybridized carbons (Fsp3) is 0.214. The number of aliphatic carboxylic acids is 2. The van der Waals surface area contributed by atoms with Crippen LogP contribution in [0.1, 0.15) is 17.7 Å². The Kier molecular flexibility index (Phi) is 7.25. The number of anilines is 1. The van der Waals surface area contributed by atoms with Gasteiger partial charge in [-0.1, -0.05) is 36.4 Å². The second-order valence-electron chi connectivity index (χ2n) is 9.43. The number of amides is 2. The highest BCUT2D eigenvalue weighted by Gasteiger charge is 2.35. The molecule has 4 heterocycles. The van der Waals surface area contributed by atoms with E-state index in [0.717, 1.165) is 48.0 Å². The van der Waals surface area contributed by atoms with Crippen LogP contribution in [0.5, 0.6) is 0 Å². The van der Waals surface area contributed by atoms with E-state index in [1.807, 2.05) is 48.5 Å². The van der Waals surface area contributed by atoms with Crippen LogP contribution >= 0.6 is 0 Å². The third-order valence-electron chi connectivity index (χ3n) is 6.71. The number of likely N-dealkylation sites (N-methyl/N-ethyl adjacent to an activating group) is 1. The minimum absolute atomic E-state index is 0.290. The number of nitrogens with one attached hydrogen (secondary N) is 2. The Hall–Kier alpha value is -5.10. The molecule has 40 heavy (non-hydrogen) atoms. The lowest BCUT2D eigenvalue weighted by Gasteiger charge is -2.32. The quantitative estimate of drug-likeness (QED) is 0.216. The number of rotatable bonds is 5. The predicted molar refractivity (Wildman–Crippen MR) is 147 cm³/mol. The molecule has 2 aliphatic rings. The predicted octanol–water partition coefficient (Wildman–Crippen LogP) is 1.98. The van der Waals surface area contributed by atoms with E-state index in [9.17, 15) is 19.2 Å². The Morgan fingerprint density at radius 2 is 1.48 bits per heavy atom. The molecule has 0 aliphatic carbocycles. The van der Waals surface area contributed by atoms with Crippen LogP contribution in [0, 0.1) is 0 Å². The number of carboxylic acid groups (broad SMARTS) is 2. The fourth-order valence-electron chi connectivity index (χ4n) is 4.75. The van der Waals surface area contributed by atoms with E-state index in [2.05, 4.69) is 27.1 Å².